The van der Waals surface area contributed by atoms with E-state index in [0.717, 1.165) is 17.5 Å². The molecule has 1 nitrogen and oxygen atoms in total. The summed E-state index contributed by atoms with van der Waals surface area (Å²) in [6, 6.07) is 18.0. The Kier molecular flexibility index (Phi) is 4.08. The molecular formula is C17H16O. The molecule has 2 aromatic carbocycles. The summed E-state index contributed by atoms with van der Waals surface area (Å²) in [4.78, 5) is 12.0. The van der Waals surface area contributed by atoms with Crippen molar-refractivity contribution in [3.05, 3.63) is 83.9 Å². The molecule has 0 amide bonds. The quantitative estimate of drug-likeness (QED) is 0.565. The number of benzene rings is 2. The summed E-state index contributed by atoms with van der Waals surface area (Å²) in [5.74, 6) is 0.136. The van der Waals surface area contributed by atoms with Crippen LogP contribution in [0.3, 0.4) is 0 Å². The molecule has 0 atom stereocenters. The predicted octanol–water partition coefficient (Wildman–Crippen LogP) is 4.04. The van der Waals surface area contributed by atoms with E-state index in [1.807, 2.05) is 42.5 Å². The molecule has 0 N–H and O–H groups in total. The van der Waals surface area contributed by atoms with Gasteiger partial charge in [-0.15, -0.1) is 6.58 Å². The van der Waals surface area contributed by atoms with Crippen molar-refractivity contribution in [1.82, 2.24) is 0 Å². The van der Waals surface area contributed by atoms with Crippen molar-refractivity contribution in [2.75, 3.05) is 0 Å². The molecule has 2 aromatic rings. The van der Waals surface area contributed by atoms with Crippen LogP contribution in [0.4, 0.5) is 0 Å². The van der Waals surface area contributed by atoms with Gasteiger partial charge in [0.2, 0.25) is 0 Å². The van der Waals surface area contributed by atoms with Gasteiger partial charge in [0, 0.05) is 12.0 Å². The van der Waals surface area contributed by atoms with E-state index in [0.29, 0.717) is 6.42 Å². The molecule has 0 heterocycles. The average Bonchev–Trinajstić information content (AvgIpc) is 2.41. The predicted molar refractivity (Wildman–Crippen MR) is 74.8 cm³/mol. The molecule has 0 radical (unpaired) electrons. The molecule has 0 fully saturated rings. The molecule has 0 aliphatic rings. The third-order valence-corrected chi connectivity index (χ3v) is 2.88. The Morgan fingerprint density at radius 1 is 1.00 bits per heavy atom. The van der Waals surface area contributed by atoms with E-state index >= 15 is 0 Å². The number of hydrogen-bond donors (Lipinski definition) is 0. The maximum absolute atomic E-state index is 12.0. The number of ketones is 1. The monoisotopic (exact) mass is 236 g/mol. The molecule has 0 unspecified atom stereocenters. The lowest BCUT2D eigenvalue weighted by atomic mass is 9.96. The Hall–Kier alpha value is -2.15. The highest BCUT2D eigenvalue weighted by Crippen LogP contribution is 2.16. The standard InChI is InChI=1S/C17H16O/c1-2-8-17(18)16-12-7-6-11-15(16)13-14-9-4-3-5-10-14/h2-7,9-12H,1,8,13H2. The van der Waals surface area contributed by atoms with E-state index in [1.54, 1.807) is 6.08 Å². The van der Waals surface area contributed by atoms with E-state index in [2.05, 4.69) is 18.7 Å². The molecule has 1 heteroatoms. The Morgan fingerprint density at radius 3 is 2.39 bits per heavy atom. The fraction of sp³-hybridized carbons (Fsp3) is 0.118. The van der Waals surface area contributed by atoms with Crippen molar-refractivity contribution in [3.8, 4) is 0 Å². The lowest BCUT2D eigenvalue weighted by Gasteiger charge is -2.07. The van der Waals surface area contributed by atoms with Crippen molar-refractivity contribution in [3.63, 3.8) is 0 Å². The van der Waals surface area contributed by atoms with E-state index in [4.69, 9.17) is 0 Å². The van der Waals surface area contributed by atoms with Crippen LogP contribution < -0.4 is 0 Å². The van der Waals surface area contributed by atoms with Gasteiger partial charge >= 0.3 is 0 Å². The molecule has 0 saturated carbocycles. The molecular weight excluding hydrogens is 220 g/mol. The number of carbonyl (C=O) groups is 1. The van der Waals surface area contributed by atoms with Gasteiger partial charge in [0.05, 0.1) is 0 Å². The zero-order valence-electron chi connectivity index (χ0n) is 10.3. The number of hydrogen-bond acceptors (Lipinski definition) is 1. The fourth-order valence-corrected chi connectivity index (χ4v) is 2.00. The number of rotatable bonds is 5. The fourth-order valence-electron chi connectivity index (χ4n) is 2.00. The molecule has 0 aliphatic carbocycles. The van der Waals surface area contributed by atoms with Crippen LogP contribution in [0.25, 0.3) is 0 Å². The van der Waals surface area contributed by atoms with E-state index in [1.165, 1.54) is 5.56 Å². The molecule has 0 saturated heterocycles. The molecule has 90 valence electrons. The number of carbonyl (C=O) groups excluding carboxylic acids is 1. The Labute approximate surface area is 108 Å². The van der Waals surface area contributed by atoms with Crippen LogP contribution in [0.5, 0.6) is 0 Å². The third kappa shape index (κ3) is 2.95. The minimum absolute atomic E-state index is 0.136. The maximum Gasteiger partial charge on any atom is 0.166 e. The SMILES string of the molecule is C=CCC(=O)c1ccccc1Cc1ccccc1. The smallest absolute Gasteiger partial charge is 0.166 e. The second kappa shape index (κ2) is 5.97. The zero-order chi connectivity index (χ0) is 12.8. The number of Topliss-reactive ketones (excluding diaryl/α,β-unsaturated/α-hetero) is 1. The van der Waals surface area contributed by atoms with Gasteiger partial charge in [-0.05, 0) is 17.5 Å². The highest BCUT2D eigenvalue weighted by Gasteiger charge is 2.09. The first-order chi connectivity index (χ1) is 8.81. The molecule has 0 aliphatic heterocycles. The van der Waals surface area contributed by atoms with Gasteiger partial charge < -0.3 is 0 Å². The largest absolute Gasteiger partial charge is 0.294 e. The Morgan fingerprint density at radius 2 is 1.67 bits per heavy atom. The van der Waals surface area contributed by atoms with Gasteiger partial charge in [0.25, 0.3) is 0 Å². The Balaban J connectivity index is 2.28. The molecule has 0 spiro atoms. The summed E-state index contributed by atoms with van der Waals surface area (Å²) in [6.45, 7) is 3.62. The average molecular weight is 236 g/mol. The van der Waals surface area contributed by atoms with Crippen molar-refractivity contribution < 1.29 is 4.79 Å². The van der Waals surface area contributed by atoms with Crippen LogP contribution in [0.2, 0.25) is 0 Å². The molecule has 2 rings (SSSR count). The highest BCUT2D eigenvalue weighted by atomic mass is 16.1. The molecule has 0 bridgehead atoms. The Bertz CT molecular complexity index is 541. The van der Waals surface area contributed by atoms with Crippen molar-refractivity contribution in [2.24, 2.45) is 0 Å². The van der Waals surface area contributed by atoms with Crippen LogP contribution in [-0.4, -0.2) is 5.78 Å². The van der Waals surface area contributed by atoms with Gasteiger partial charge in [-0.3, -0.25) is 4.79 Å². The second-order valence-electron chi connectivity index (χ2n) is 4.24. The minimum atomic E-state index is 0.136. The van der Waals surface area contributed by atoms with Crippen LogP contribution in [0.15, 0.2) is 67.3 Å². The van der Waals surface area contributed by atoms with E-state index < -0.39 is 0 Å². The third-order valence-electron chi connectivity index (χ3n) is 2.88. The van der Waals surface area contributed by atoms with Gasteiger partial charge in [-0.1, -0.05) is 60.7 Å². The van der Waals surface area contributed by atoms with Crippen LogP contribution in [0.1, 0.15) is 27.9 Å². The lowest BCUT2D eigenvalue weighted by molar-refractivity contribution is 0.0995. The maximum atomic E-state index is 12.0. The zero-order valence-corrected chi connectivity index (χ0v) is 10.3. The first-order valence-electron chi connectivity index (χ1n) is 6.07. The van der Waals surface area contributed by atoms with E-state index in [-0.39, 0.29) is 5.78 Å². The highest BCUT2D eigenvalue weighted by molar-refractivity contribution is 5.98. The summed E-state index contributed by atoms with van der Waals surface area (Å²) < 4.78 is 0. The summed E-state index contributed by atoms with van der Waals surface area (Å²) in [7, 11) is 0. The minimum Gasteiger partial charge on any atom is -0.294 e. The number of allylic oxidation sites excluding steroid dienone is 1. The summed E-state index contributed by atoms with van der Waals surface area (Å²) in [5, 5.41) is 0. The summed E-state index contributed by atoms with van der Waals surface area (Å²) in [5.41, 5.74) is 3.10. The topological polar surface area (TPSA) is 17.1 Å². The van der Waals surface area contributed by atoms with Crippen LogP contribution >= 0.6 is 0 Å². The van der Waals surface area contributed by atoms with Gasteiger partial charge in [-0.2, -0.15) is 0 Å². The van der Waals surface area contributed by atoms with Crippen LogP contribution in [-0.2, 0) is 6.42 Å². The lowest BCUT2D eigenvalue weighted by Crippen LogP contribution is -2.03. The van der Waals surface area contributed by atoms with Crippen molar-refractivity contribution in [1.29, 1.82) is 0 Å². The van der Waals surface area contributed by atoms with Gasteiger partial charge in [0.15, 0.2) is 5.78 Å². The van der Waals surface area contributed by atoms with Gasteiger partial charge in [0.1, 0.15) is 0 Å². The first kappa shape index (κ1) is 12.3. The van der Waals surface area contributed by atoms with E-state index in [9.17, 15) is 4.79 Å². The van der Waals surface area contributed by atoms with Crippen molar-refractivity contribution in [2.45, 2.75) is 12.8 Å². The summed E-state index contributed by atoms with van der Waals surface area (Å²) in [6.07, 6.45) is 2.84. The van der Waals surface area contributed by atoms with Crippen molar-refractivity contribution >= 4 is 5.78 Å². The first-order valence-corrected chi connectivity index (χ1v) is 6.07. The molecule has 18 heavy (non-hydrogen) atoms. The van der Waals surface area contributed by atoms with Gasteiger partial charge in [-0.25, -0.2) is 0 Å². The van der Waals surface area contributed by atoms with Crippen LogP contribution in [0, 0.1) is 0 Å². The molecule has 0 aromatic heterocycles. The second-order valence-corrected chi connectivity index (χ2v) is 4.24. The summed E-state index contributed by atoms with van der Waals surface area (Å²) >= 11 is 0. The normalized spacial score (nSPS) is 10.0.